The van der Waals surface area contributed by atoms with Crippen molar-refractivity contribution in [3.05, 3.63) is 17.8 Å². The second kappa shape index (κ2) is 2.34. The Morgan fingerprint density at radius 3 is 3.12 bits per heavy atom. The second-order valence-corrected chi connectivity index (χ2v) is 1.56. The van der Waals surface area contributed by atoms with Crippen molar-refractivity contribution in [2.24, 2.45) is 5.10 Å². The van der Waals surface area contributed by atoms with E-state index in [0.717, 1.165) is 12.0 Å². The molecule has 0 saturated carbocycles. The highest BCUT2D eigenvalue weighted by Gasteiger charge is 1.86. The van der Waals surface area contributed by atoms with Gasteiger partial charge in [0.2, 0.25) is 0 Å². The molecular formula is C6H8N2. The lowest BCUT2D eigenvalue weighted by Gasteiger charge is -1.94. The lowest BCUT2D eigenvalue weighted by Crippen LogP contribution is -1.96. The van der Waals surface area contributed by atoms with Crippen LogP contribution in [0.5, 0.6) is 0 Å². The van der Waals surface area contributed by atoms with Crippen LogP contribution in [-0.4, -0.2) is 5.87 Å². The molecule has 1 aliphatic rings. The summed E-state index contributed by atoms with van der Waals surface area (Å²) < 4.78 is 0. The van der Waals surface area contributed by atoms with Gasteiger partial charge in [-0.15, -0.1) is 5.10 Å². The zero-order valence-corrected chi connectivity index (χ0v) is 4.81. The van der Waals surface area contributed by atoms with Crippen LogP contribution >= 0.6 is 0 Å². The topological polar surface area (TPSA) is 24.4 Å². The molecule has 1 aliphatic heterocycles. The summed E-state index contributed by atoms with van der Waals surface area (Å²) in [7, 11) is 0. The predicted octanol–water partition coefficient (Wildman–Crippen LogP) is 1.02. The molecule has 0 atom stereocenters. The van der Waals surface area contributed by atoms with Crippen LogP contribution in [0, 0.1) is 0 Å². The molecule has 1 rings (SSSR count). The molecule has 0 unspecified atom stereocenters. The lowest BCUT2D eigenvalue weighted by molar-refractivity contribution is 0.958. The number of rotatable bonds is 1. The molecule has 0 bridgehead atoms. The van der Waals surface area contributed by atoms with Gasteiger partial charge in [0.1, 0.15) is 0 Å². The molecule has 0 fully saturated rings. The van der Waals surface area contributed by atoms with E-state index in [1.807, 2.05) is 6.08 Å². The highest BCUT2D eigenvalue weighted by molar-refractivity contribution is 5.62. The molecule has 0 spiro atoms. The van der Waals surface area contributed by atoms with Gasteiger partial charge in [-0.1, -0.05) is 6.92 Å². The Hall–Kier alpha value is -1.01. The molecule has 0 aromatic heterocycles. The van der Waals surface area contributed by atoms with Crippen LogP contribution in [0.2, 0.25) is 0 Å². The summed E-state index contributed by atoms with van der Waals surface area (Å²) in [5, 5.41) is 3.71. The van der Waals surface area contributed by atoms with Crippen LogP contribution < -0.4 is 5.43 Å². The van der Waals surface area contributed by atoms with Crippen LogP contribution in [0.25, 0.3) is 0 Å². The Morgan fingerprint density at radius 2 is 2.75 bits per heavy atom. The van der Waals surface area contributed by atoms with Gasteiger partial charge in [0.05, 0.1) is 0 Å². The third kappa shape index (κ3) is 0.983. The van der Waals surface area contributed by atoms with E-state index in [-0.39, 0.29) is 0 Å². The van der Waals surface area contributed by atoms with Crippen molar-refractivity contribution in [3.63, 3.8) is 0 Å². The minimum Gasteiger partial charge on any atom is -0.278 e. The van der Waals surface area contributed by atoms with Crippen molar-refractivity contribution in [1.29, 1.82) is 0 Å². The summed E-state index contributed by atoms with van der Waals surface area (Å²) in [6.45, 7) is 2.08. The van der Waals surface area contributed by atoms with E-state index in [0.29, 0.717) is 0 Å². The van der Waals surface area contributed by atoms with Crippen molar-refractivity contribution in [2.45, 2.75) is 13.3 Å². The third-order valence-electron chi connectivity index (χ3n) is 1.00. The monoisotopic (exact) mass is 108 g/mol. The van der Waals surface area contributed by atoms with Gasteiger partial charge in [0.15, 0.2) is 0 Å². The highest BCUT2D eigenvalue weighted by atomic mass is 15.3. The fraction of sp³-hybridized carbons (Fsp3) is 0.333. The molecule has 0 saturated heterocycles. The SMILES string of the molecule is CCC1=C=NNC=C1. The number of hydrazone groups is 1. The molecule has 0 aromatic carbocycles. The van der Waals surface area contributed by atoms with Crippen molar-refractivity contribution in [2.75, 3.05) is 0 Å². The molecule has 42 valence electrons. The van der Waals surface area contributed by atoms with Crippen LogP contribution in [0.1, 0.15) is 13.3 Å². The Kier molecular flexibility index (Phi) is 1.50. The highest BCUT2D eigenvalue weighted by Crippen LogP contribution is 1.97. The van der Waals surface area contributed by atoms with Gasteiger partial charge in [0, 0.05) is 17.6 Å². The zero-order valence-electron chi connectivity index (χ0n) is 4.81. The minimum atomic E-state index is 1.00. The first-order valence-corrected chi connectivity index (χ1v) is 2.67. The lowest BCUT2D eigenvalue weighted by atomic mass is 10.2. The maximum atomic E-state index is 3.71. The maximum absolute atomic E-state index is 3.71. The molecule has 2 heteroatoms. The van der Waals surface area contributed by atoms with E-state index >= 15 is 0 Å². The van der Waals surface area contributed by atoms with E-state index < -0.39 is 0 Å². The Morgan fingerprint density at radius 1 is 1.88 bits per heavy atom. The number of hydrogen-bond donors (Lipinski definition) is 1. The van der Waals surface area contributed by atoms with E-state index in [9.17, 15) is 0 Å². The largest absolute Gasteiger partial charge is 0.278 e. The summed E-state index contributed by atoms with van der Waals surface area (Å²) in [4.78, 5) is 0. The normalized spacial score (nSPS) is 15.4. The van der Waals surface area contributed by atoms with Gasteiger partial charge in [-0.25, -0.2) is 0 Å². The van der Waals surface area contributed by atoms with E-state index in [2.05, 4.69) is 23.3 Å². The number of allylic oxidation sites excluding steroid dienone is 2. The standard InChI is InChI=1S/C6H8N2/c1-2-6-3-4-7-8-5-6/h3-4,7H,2H2,1H3. The van der Waals surface area contributed by atoms with Gasteiger partial charge in [0.25, 0.3) is 0 Å². The number of hydrogen-bond acceptors (Lipinski definition) is 2. The van der Waals surface area contributed by atoms with Crippen molar-refractivity contribution >= 4 is 5.87 Å². The van der Waals surface area contributed by atoms with Crippen molar-refractivity contribution in [3.8, 4) is 0 Å². The molecule has 8 heavy (non-hydrogen) atoms. The predicted molar refractivity (Wildman–Crippen MR) is 33.5 cm³/mol. The van der Waals surface area contributed by atoms with E-state index in [1.54, 1.807) is 6.20 Å². The number of nitrogens with zero attached hydrogens (tertiary/aromatic N) is 1. The first-order chi connectivity index (χ1) is 3.93. The smallest absolute Gasteiger partial charge is 0.0216 e. The van der Waals surface area contributed by atoms with Crippen molar-refractivity contribution < 1.29 is 0 Å². The summed E-state index contributed by atoms with van der Waals surface area (Å²) in [6.07, 6.45) is 4.77. The van der Waals surface area contributed by atoms with Gasteiger partial charge in [-0.2, -0.15) is 0 Å². The Balaban J connectivity index is 2.75. The van der Waals surface area contributed by atoms with Crippen molar-refractivity contribution in [1.82, 2.24) is 5.43 Å². The Labute approximate surface area is 48.6 Å². The average molecular weight is 108 g/mol. The van der Waals surface area contributed by atoms with E-state index in [4.69, 9.17) is 0 Å². The third-order valence-corrected chi connectivity index (χ3v) is 1.00. The maximum Gasteiger partial charge on any atom is 0.0216 e. The molecule has 1 heterocycles. The van der Waals surface area contributed by atoms with Crippen LogP contribution in [-0.2, 0) is 0 Å². The summed E-state index contributed by atoms with van der Waals surface area (Å²) in [5.74, 6) is 2.81. The molecule has 1 N–H and O–H groups in total. The van der Waals surface area contributed by atoms with Gasteiger partial charge < -0.3 is 0 Å². The molecule has 0 aromatic rings. The molecule has 2 nitrogen and oxygen atoms in total. The van der Waals surface area contributed by atoms with Crippen LogP contribution in [0.4, 0.5) is 0 Å². The Bertz CT molecular complexity index is 161. The van der Waals surface area contributed by atoms with Gasteiger partial charge >= 0.3 is 0 Å². The minimum absolute atomic E-state index is 1.00. The average Bonchev–Trinajstić information content (AvgIpc) is 1.90. The first-order valence-electron chi connectivity index (χ1n) is 2.67. The quantitative estimate of drug-likeness (QED) is 0.533. The van der Waals surface area contributed by atoms with Crippen LogP contribution in [0.3, 0.4) is 0 Å². The zero-order chi connectivity index (χ0) is 5.82. The molecular weight excluding hydrogens is 100 g/mol. The fourth-order valence-corrected chi connectivity index (χ4v) is 0.513. The number of nitrogens with one attached hydrogen (secondary N) is 1. The molecule has 0 radical (unpaired) electrons. The molecule has 0 amide bonds. The summed E-state index contributed by atoms with van der Waals surface area (Å²) in [6, 6.07) is 0. The molecule has 0 aliphatic carbocycles. The van der Waals surface area contributed by atoms with Gasteiger partial charge in [-0.3, -0.25) is 5.43 Å². The summed E-state index contributed by atoms with van der Waals surface area (Å²) in [5.41, 5.74) is 3.80. The fourth-order valence-electron chi connectivity index (χ4n) is 0.513. The van der Waals surface area contributed by atoms with Crippen LogP contribution in [0.15, 0.2) is 23.0 Å². The van der Waals surface area contributed by atoms with E-state index in [1.165, 1.54) is 0 Å². The second-order valence-electron chi connectivity index (χ2n) is 1.56. The first kappa shape index (κ1) is 5.13. The summed E-state index contributed by atoms with van der Waals surface area (Å²) >= 11 is 0. The van der Waals surface area contributed by atoms with Gasteiger partial charge in [-0.05, 0) is 12.5 Å².